The molecule has 102 valence electrons. The van der Waals surface area contributed by atoms with Crippen molar-refractivity contribution in [2.24, 2.45) is 0 Å². The van der Waals surface area contributed by atoms with Gasteiger partial charge in [-0.15, -0.1) is 0 Å². The number of nitrogens with two attached hydrogens (primary N) is 2. The molecule has 2 rings (SSSR count). The lowest BCUT2D eigenvalue weighted by molar-refractivity contribution is 0.0697. The van der Waals surface area contributed by atoms with Crippen LogP contribution in [0.2, 0.25) is 0 Å². The van der Waals surface area contributed by atoms with Crippen molar-refractivity contribution >= 4 is 28.9 Å². The largest absolute Gasteiger partial charge is 0.478 e. The Bertz CT molecular complexity index is 683. The van der Waals surface area contributed by atoms with E-state index in [9.17, 15) is 9.59 Å². The molecule has 2 aromatic carbocycles. The number of benzene rings is 2. The van der Waals surface area contributed by atoms with Crippen molar-refractivity contribution in [1.82, 2.24) is 0 Å². The van der Waals surface area contributed by atoms with Crippen LogP contribution in [0.4, 0.5) is 17.1 Å². The van der Waals surface area contributed by atoms with E-state index in [0.717, 1.165) is 0 Å². The van der Waals surface area contributed by atoms with E-state index in [2.05, 4.69) is 5.32 Å². The van der Waals surface area contributed by atoms with Crippen LogP contribution in [0.5, 0.6) is 0 Å². The second-order valence-electron chi connectivity index (χ2n) is 4.19. The molecule has 0 unspecified atom stereocenters. The average Bonchev–Trinajstić information content (AvgIpc) is 2.40. The Hall–Kier alpha value is -3.02. The number of nitrogens with one attached hydrogen (secondary N) is 1. The maximum absolute atomic E-state index is 12.0. The first-order valence-corrected chi connectivity index (χ1v) is 5.77. The summed E-state index contributed by atoms with van der Waals surface area (Å²) in [6.45, 7) is 0. The van der Waals surface area contributed by atoms with E-state index in [0.29, 0.717) is 16.9 Å². The summed E-state index contributed by atoms with van der Waals surface area (Å²) in [5.74, 6) is -1.53. The van der Waals surface area contributed by atoms with Gasteiger partial charge in [-0.3, -0.25) is 4.79 Å². The van der Waals surface area contributed by atoms with Crippen LogP contribution < -0.4 is 16.8 Å². The number of anilines is 3. The Labute approximate surface area is 115 Å². The van der Waals surface area contributed by atoms with Gasteiger partial charge in [-0.05, 0) is 36.4 Å². The van der Waals surface area contributed by atoms with Crippen LogP contribution in [0.25, 0.3) is 0 Å². The first-order chi connectivity index (χ1) is 9.47. The standard InChI is InChI=1S/C14H13N3O3/c15-9-3-1-2-8(6-9)13(18)17-10-4-5-12(16)11(7-10)14(19)20/h1-7H,15-16H2,(H,17,18)(H,19,20). The molecule has 0 fully saturated rings. The van der Waals surface area contributed by atoms with Crippen molar-refractivity contribution in [3.05, 3.63) is 53.6 Å². The predicted octanol–water partition coefficient (Wildman–Crippen LogP) is 1.80. The van der Waals surface area contributed by atoms with Crippen molar-refractivity contribution in [3.8, 4) is 0 Å². The summed E-state index contributed by atoms with van der Waals surface area (Å²) in [6, 6.07) is 10.7. The molecule has 0 bridgehead atoms. The lowest BCUT2D eigenvalue weighted by Crippen LogP contribution is -2.13. The van der Waals surface area contributed by atoms with Crippen molar-refractivity contribution in [1.29, 1.82) is 0 Å². The Morgan fingerprint density at radius 2 is 1.80 bits per heavy atom. The molecule has 0 saturated carbocycles. The molecule has 20 heavy (non-hydrogen) atoms. The second-order valence-corrected chi connectivity index (χ2v) is 4.19. The van der Waals surface area contributed by atoms with Gasteiger partial charge in [0.05, 0.1) is 5.56 Å². The van der Waals surface area contributed by atoms with Gasteiger partial charge in [0.15, 0.2) is 0 Å². The molecular formula is C14H13N3O3. The molecule has 0 aliphatic carbocycles. The molecule has 0 aliphatic heterocycles. The summed E-state index contributed by atoms with van der Waals surface area (Å²) in [5.41, 5.74) is 12.4. The van der Waals surface area contributed by atoms with E-state index in [1.807, 2.05) is 0 Å². The number of nitrogen functional groups attached to an aromatic ring is 2. The molecule has 0 spiro atoms. The first kappa shape index (κ1) is 13.4. The molecule has 1 amide bonds. The number of carbonyl (C=O) groups is 2. The van der Waals surface area contributed by atoms with E-state index in [1.54, 1.807) is 18.2 Å². The predicted molar refractivity (Wildman–Crippen MR) is 76.6 cm³/mol. The smallest absolute Gasteiger partial charge is 0.337 e. The minimum atomic E-state index is -1.15. The van der Waals surface area contributed by atoms with E-state index >= 15 is 0 Å². The minimum absolute atomic E-state index is 0.0598. The maximum atomic E-state index is 12.0. The molecule has 0 heterocycles. The number of rotatable bonds is 3. The normalized spacial score (nSPS) is 10.0. The number of carbonyl (C=O) groups excluding carboxylic acids is 1. The third-order valence-electron chi connectivity index (χ3n) is 2.69. The van der Waals surface area contributed by atoms with E-state index in [4.69, 9.17) is 16.6 Å². The number of carboxylic acid groups (broad SMARTS) is 1. The van der Waals surface area contributed by atoms with Gasteiger partial charge in [0.1, 0.15) is 0 Å². The average molecular weight is 271 g/mol. The number of amides is 1. The van der Waals surface area contributed by atoms with Crippen LogP contribution in [0.3, 0.4) is 0 Å². The highest BCUT2D eigenvalue weighted by atomic mass is 16.4. The Morgan fingerprint density at radius 1 is 1.05 bits per heavy atom. The van der Waals surface area contributed by atoms with Gasteiger partial charge in [0.2, 0.25) is 0 Å². The highest BCUT2D eigenvalue weighted by Crippen LogP contribution is 2.19. The monoisotopic (exact) mass is 271 g/mol. The molecule has 0 aromatic heterocycles. The summed E-state index contributed by atoms with van der Waals surface area (Å²) in [7, 11) is 0. The zero-order chi connectivity index (χ0) is 14.7. The first-order valence-electron chi connectivity index (χ1n) is 5.77. The fourth-order valence-electron chi connectivity index (χ4n) is 1.70. The summed E-state index contributed by atoms with van der Waals surface area (Å²) < 4.78 is 0. The third kappa shape index (κ3) is 2.86. The highest BCUT2D eigenvalue weighted by Gasteiger charge is 2.11. The summed E-state index contributed by atoms with van der Waals surface area (Å²) >= 11 is 0. The second kappa shape index (κ2) is 5.31. The molecular weight excluding hydrogens is 258 g/mol. The van der Waals surface area contributed by atoms with Crippen molar-refractivity contribution in [3.63, 3.8) is 0 Å². The van der Waals surface area contributed by atoms with Gasteiger partial charge in [-0.2, -0.15) is 0 Å². The molecule has 0 saturated heterocycles. The van der Waals surface area contributed by atoms with Crippen LogP contribution in [0.15, 0.2) is 42.5 Å². The van der Waals surface area contributed by atoms with E-state index in [1.165, 1.54) is 24.3 Å². The Balaban J connectivity index is 2.24. The fraction of sp³-hybridized carbons (Fsp3) is 0. The fourth-order valence-corrected chi connectivity index (χ4v) is 1.70. The number of hydrogen-bond donors (Lipinski definition) is 4. The van der Waals surface area contributed by atoms with Crippen LogP contribution in [-0.2, 0) is 0 Å². The van der Waals surface area contributed by atoms with Gasteiger partial charge in [-0.25, -0.2) is 4.79 Å². The zero-order valence-electron chi connectivity index (χ0n) is 10.5. The zero-order valence-corrected chi connectivity index (χ0v) is 10.5. The molecule has 0 aliphatic rings. The van der Waals surface area contributed by atoms with Gasteiger partial charge in [0.25, 0.3) is 5.91 Å². The molecule has 0 radical (unpaired) electrons. The Kier molecular flexibility index (Phi) is 3.56. The van der Waals surface area contributed by atoms with Gasteiger partial charge < -0.3 is 21.9 Å². The molecule has 0 atom stereocenters. The molecule has 6 heteroatoms. The van der Waals surface area contributed by atoms with Crippen molar-refractivity contribution < 1.29 is 14.7 Å². The number of hydrogen-bond acceptors (Lipinski definition) is 4. The lowest BCUT2D eigenvalue weighted by Gasteiger charge is -2.08. The SMILES string of the molecule is Nc1cccc(C(=O)Nc2ccc(N)c(C(=O)O)c2)c1. The lowest BCUT2D eigenvalue weighted by atomic mass is 10.1. The summed E-state index contributed by atoms with van der Waals surface area (Å²) in [6.07, 6.45) is 0. The van der Waals surface area contributed by atoms with Crippen LogP contribution in [0.1, 0.15) is 20.7 Å². The van der Waals surface area contributed by atoms with Gasteiger partial charge >= 0.3 is 5.97 Å². The van der Waals surface area contributed by atoms with E-state index < -0.39 is 5.97 Å². The molecule has 6 nitrogen and oxygen atoms in total. The topological polar surface area (TPSA) is 118 Å². The quantitative estimate of drug-likeness (QED) is 0.635. The minimum Gasteiger partial charge on any atom is -0.478 e. The van der Waals surface area contributed by atoms with Crippen LogP contribution in [0, 0.1) is 0 Å². The van der Waals surface area contributed by atoms with Crippen LogP contribution >= 0.6 is 0 Å². The maximum Gasteiger partial charge on any atom is 0.337 e. The summed E-state index contributed by atoms with van der Waals surface area (Å²) in [4.78, 5) is 23.0. The number of aromatic carboxylic acids is 1. The van der Waals surface area contributed by atoms with Crippen molar-refractivity contribution in [2.45, 2.75) is 0 Å². The van der Waals surface area contributed by atoms with Gasteiger partial charge in [0, 0.05) is 22.6 Å². The van der Waals surface area contributed by atoms with E-state index in [-0.39, 0.29) is 17.2 Å². The molecule has 2 aromatic rings. The highest BCUT2D eigenvalue weighted by molar-refractivity contribution is 6.05. The number of carboxylic acids is 1. The third-order valence-corrected chi connectivity index (χ3v) is 2.69. The van der Waals surface area contributed by atoms with Gasteiger partial charge in [-0.1, -0.05) is 6.07 Å². The summed E-state index contributed by atoms with van der Waals surface area (Å²) in [5, 5.41) is 11.6. The Morgan fingerprint density at radius 3 is 2.45 bits per heavy atom. The van der Waals surface area contributed by atoms with Crippen molar-refractivity contribution in [2.75, 3.05) is 16.8 Å². The van der Waals surface area contributed by atoms with Crippen LogP contribution in [-0.4, -0.2) is 17.0 Å². The molecule has 6 N–H and O–H groups in total.